The summed E-state index contributed by atoms with van der Waals surface area (Å²) in [6.45, 7) is 6.31. The summed E-state index contributed by atoms with van der Waals surface area (Å²) in [6, 6.07) is 1.07. The van der Waals surface area contributed by atoms with Crippen LogP contribution < -0.4 is 5.56 Å². The Morgan fingerprint density at radius 2 is 1.79 bits per heavy atom. The molecule has 0 spiro atoms. The van der Waals surface area contributed by atoms with Crippen LogP contribution in [0.2, 0.25) is 0 Å². The Morgan fingerprint density at radius 3 is 2.33 bits per heavy atom. The topological polar surface area (TPSA) is 83.8 Å². The number of rotatable bonds is 3. The Kier molecular flexibility index (Phi) is 5.43. The predicted molar refractivity (Wildman–Crippen MR) is 86.3 cm³/mol. The summed E-state index contributed by atoms with van der Waals surface area (Å²) < 4.78 is 16.8. The highest BCUT2D eigenvalue weighted by Gasteiger charge is 2.27. The minimum Gasteiger partial charge on any atom is -0.465 e. The number of aromatic nitrogens is 1. The molecule has 2 heterocycles. The van der Waals surface area contributed by atoms with Crippen LogP contribution in [0.25, 0.3) is 0 Å². The lowest BCUT2D eigenvalue weighted by molar-refractivity contribution is 0.00634. The predicted octanol–water partition coefficient (Wildman–Crippen LogP) is 1.94. The molecule has 1 fully saturated rings. The molecular formula is C17H23NO6. The number of hydrogen-bond donors (Lipinski definition) is 0. The van der Waals surface area contributed by atoms with E-state index in [2.05, 4.69) is 4.74 Å². The van der Waals surface area contributed by atoms with Crippen molar-refractivity contribution in [2.75, 3.05) is 20.3 Å². The maximum Gasteiger partial charge on any atom is 0.341 e. The van der Waals surface area contributed by atoms with E-state index in [4.69, 9.17) is 9.47 Å². The summed E-state index contributed by atoms with van der Waals surface area (Å²) >= 11 is 0. The number of carbonyl (C=O) groups is 2. The van der Waals surface area contributed by atoms with Crippen molar-refractivity contribution in [3.8, 4) is 0 Å². The fraction of sp³-hybridized carbons (Fsp3) is 0.588. The minimum atomic E-state index is -0.743. The lowest BCUT2D eigenvalue weighted by Crippen LogP contribution is -2.32. The van der Waals surface area contributed by atoms with Crippen LogP contribution in [0.5, 0.6) is 0 Å². The van der Waals surface area contributed by atoms with Crippen molar-refractivity contribution >= 4 is 11.9 Å². The quantitative estimate of drug-likeness (QED) is 0.784. The second-order valence-corrected chi connectivity index (χ2v) is 6.68. The Labute approximate surface area is 140 Å². The first-order valence-electron chi connectivity index (χ1n) is 7.88. The minimum absolute atomic E-state index is 0.0304. The number of nitrogens with zero attached hydrogens (tertiary/aromatic N) is 1. The molecule has 7 nitrogen and oxygen atoms in total. The van der Waals surface area contributed by atoms with Crippen LogP contribution in [-0.2, 0) is 14.2 Å². The molecule has 0 amide bonds. The molecule has 1 aliphatic rings. The van der Waals surface area contributed by atoms with Crippen LogP contribution in [-0.4, -0.2) is 42.4 Å². The van der Waals surface area contributed by atoms with Gasteiger partial charge >= 0.3 is 11.9 Å². The first-order chi connectivity index (χ1) is 11.2. The second kappa shape index (κ2) is 7.17. The molecule has 1 saturated heterocycles. The van der Waals surface area contributed by atoms with Crippen molar-refractivity contribution in [3.05, 3.63) is 33.7 Å². The molecule has 0 saturated carbocycles. The fourth-order valence-corrected chi connectivity index (χ4v) is 2.57. The van der Waals surface area contributed by atoms with Gasteiger partial charge in [-0.05, 0) is 33.6 Å². The Hall–Kier alpha value is -2.15. The van der Waals surface area contributed by atoms with E-state index >= 15 is 0 Å². The van der Waals surface area contributed by atoms with Gasteiger partial charge in [-0.3, -0.25) is 4.79 Å². The van der Waals surface area contributed by atoms with Gasteiger partial charge in [0.1, 0.15) is 5.60 Å². The Balaban J connectivity index is 2.49. The number of esters is 2. The normalized spacial score (nSPS) is 15.8. The zero-order chi connectivity index (χ0) is 17.9. The maximum absolute atomic E-state index is 12.5. The van der Waals surface area contributed by atoms with E-state index in [1.54, 1.807) is 20.8 Å². The summed E-state index contributed by atoms with van der Waals surface area (Å²) in [4.78, 5) is 36.8. The van der Waals surface area contributed by atoms with Gasteiger partial charge < -0.3 is 18.8 Å². The third-order valence-electron chi connectivity index (χ3n) is 3.69. The SMILES string of the molecule is COC(=O)c1cc(=O)n(C2CCOCC2)cc1C(=O)OC(C)(C)C. The van der Waals surface area contributed by atoms with E-state index in [0.29, 0.717) is 26.1 Å². The number of carbonyl (C=O) groups excluding carboxylic acids is 2. The number of methoxy groups -OCH3 is 1. The molecule has 0 aromatic carbocycles. The van der Waals surface area contributed by atoms with Crippen LogP contribution in [0.15, 0.2) is 17.1 Å². The molecule has 0 aliphatic carbocycles. The first kappa shape index (κ1) is 18.2. The molecular weight excluding hydrogens is 314 g/mol. The van der Waals surface area contributed by atoms with Crippen molar-refractivity contribution in [1.29, 1.82) is 0 Å². The maximum atomic E-state index is 12.5. The zero-order valence-corrected chi connectivity index (χ0v) is 14.5. The van der Waals surface area contributed by atoms with Gasteiger partial charge in [-0.1, -0.05) is 0 Å². The van der Waals surface area contributed by atoms with Crippen LogP contribution in [0.4, 0.5) is 0 Å². The summed E-state index contributed by atoms with van der Waals surface area (Å²) in [6.07, 6.45) is 2.75. The van der Waals surface area contributed by atoms with Crippen molar-refractivity contribution in [1.82, 2.24) is 4.57 Å². The van der Waals surface area contributed by atoms with E-state index in [1.165, 1.54) is 17.9 Å². The molecule has 7 heteroatoms. The Bertz CT molecular complexity index is 679. The molecule has 1 aliphatic heterocycles. The first-order valence-corrected chi connectivity index (χ1v) is 7.88. The van der Waals surface area contributed by atoms with Crippen molar-refractivity contribution < 1.29 is 23.8 Å². The number of hydrogen-bond acceptors (Lipinski definition) is 6. The van der Waals surface area contributed by atoms with Crippen LogP contribution in [0.1, 0.15) is 60.4 Å². The molecule has 1 aromatic rings. The van der Waals surface area contributed by atoms with Crippen LogP contribution in [0.3, 0.4) is 0 Å². The molecule has 2 rings (SSSR count). The van der Waals surface area contributed by atoms with Crippen LogP contribution in [0, 0.1) is 0 Å². The summed E-state index contributed by atoms with van der Waals surface area (Å²) in [5.41, 5.74) is -1.12. The monoisotopic (exact) mass is 337 g/mol. The summed E-state index contributed by atoms with van der Waals surface area (Å²) in [7, 11) is 1.20. The highest BCUT2D eigenvalue weighted by molar-refractivity contribution is 6.02. The van der Waals surface area contributed by atoms with Gasteiger partial charge in [0.2, 0.25) is 0 Å². The summed E-state index contributed by atoms with van der Waals surface area (Å²) in [5, 5.41) is 0. The molecule has 0 unspecified atom stereocenters. The molecule has 0 atom stereocenters. The van der Waals surface area contributed by atoms with Gasteiger partial charge in [0.05, 0.1) is 18.2 Å². The Morgan fingerprint density at radius 1 is 1.17 bits per heavy atom. The lowest BCUT2D eigenvalue weighted by atomic mass is 10.1. The molecule has 0 bridgehead atoms. The van der Waals surface area contributed by atoms with Crippen molar-refractivity contribution in [2.24, 2.45) is 0 Å². The van der Waals surface area contributed by atoms with Gasteiger partial charge in [-0.2, -0.15) is 0 Å². The molecule has 1 aromatic heterocycles. The summed E-state index contributed by atoms with van der Waals surface area (Å²) in [5.74, 6) is -1.41. The van der Waals surface area contributed by atoms with Gasteiger partial charge in [0, 0.05) is 31.5 Å². The highest BCUT2D eigenvalue weighted by atomic mass is 16.6. The van der Waals surface area contributed by atoms with Gasteiger partial charge in [0.15, 0.2) is 0 Å². The third-order valence-corrected chi connectivity index (χ3v) is 3.69. The molecule has 0 N–H and O–H groups in total. The van der Waals surface area contributed by atoms with Gasteiger partial charge in [-0.15, -0.1) is 0 Å². The average Bonchev–Trinajstić information content (AvgIpc) is 2.53. The lowest BCUT2D eigenvalue weighted by Gasteiger charge is -2.25. The van der Waals surface area contributed by atoms with E-state index in [0.717, 1.165) is 6.07 Å². The van der Waals surface area contributed by atoms with Crippen molar-refractivity contribution in [3.63, 3.8) is 0 Å². The van der Waals surface area contributed by atoms with E-state index < -0.39 is 17.5 Å². The fourth-order valence-electron chi connectivity index (χ4n) is 2.57. The molecule has 24 heavy (non-hydrogen) atoms. The van der Waals surface area contributed by atoms with Crippen molar-refractivity contribution in [2.45, 2.75) is 45.3 Å². The van der Waals surface area contributed by atoms with Gasteiger partial charge in [0.25, 0.3) is 5.56 Å². The number of pyridine rings is 1. The van der Waals surface area contributed by atoms with E-state index in [9.17, 15) is 14.4 Å². The largest absolute Gasteiger partial charge is 0.465 e. The zero-order valence-electron chi connectivity index (χ0n) is 14.5. The second-order valence-electron chi connectivity index (χ2n) is 6.68. The number of ether oxygens (including phenoxy) is 3. The average molecular weight is 337 g/mol. The molecule has 0 radical (unpaired) electrons. The standard InChI is InChI=1S/C17H23NO6/c1-17(2,3)24-16(21)13-10-18(11-5-7-23-8-6-11)14(19)9-12(13)15(20)22-4/h9-11H,5-8H2,1-4H3. The smallest absolute Gasteiger partial charge is 0.341 e. The highest BCUT2D eigenvalue weighted by Crippen LogP contribution is 2.22. The van der Waals surface area contributed by atoms with Gasteiger partial charge in [-0.25, -0.2) is 9.59 Å². The van der Waals surface area contributed by atoms with E-state index in [-0.39, 0.29) is 22.7 Å². The molecule has 132 valence electrons. The third kappa shape index (κ3) is 4.23. The van der Waals surface area contributed by atoms with E-state index in [1.807, 2.05) is 0 Å². The van der Waals surface area contributed by atoms with Crippen LogP contribution >= 0.6 is 0 Å².